The lowest BCUT2D eigenvalue weighted by Gasteiger charge is -2.11. The van der Waals surface area contributed by atoms with Crippen LogP contribution < -0.4 is 4.74 Å². The fourth-order valence-corrected chi connectivity index (χ4v) is 1.79. The van der Waals surface area contributed by atoms with Gasteiger partial charge in [-0.05, 0) is 37.1 Å². The monoisotopic (exact) mass is 250 g/mol. The van der Waals surface area contributed by atoms with Gasteiger partial charge in [0.2, 0.25) is 0 Å². The molecule has 0 aliphatic carbocycles. The zero-order valence-corrected chi connectivity index (χ0v) is 9.80. The first-order valence-corrected chi connectivity index (χ1v) is 5.79. The molecule has 0 radical (unpaired) electrons. The van der Waals surface area contributed by atoms with Crippen LogP contribution in [-0.4, -0.2) is 36.2 Å². The third-order valence-electron chi connectivity index (χ3n) is 2.77. The van der Waals surface area contributed by atoms with E-state index in [1.54, 1.807) is 12.1 Å². The lowest BCUT2D eigenvalue weighted by atomic mass is 10.1. The molecule has 1 aromatic rings. The molecule has 1 N–H and O–H groups in total. The van der Waals surface area contributed by atoms with Gasteiger partial charge in [0.25, 0.3) is 5.78 Å². The van der Waals surface area contributed by atoms with Crippen molar-refractivity contribution in [3.63, 3.8) is 0 Å². The summed E-state index contributed by atoms with van der Waals surface area (Å²) < 4.78 is 10.9. The van der Waals surface area contributed by atoms with Crippen molar-refractivity contribution in [2.75, 3.05) is 13.2 Å². The highest BCUT2D eigenvalue weighted by Crippen LogP contribution is 2.16. The number of ether oxygens (including phenoxy) is 2. The van der Waals surface area contributed by atoms with Crippen molar-refractivity contribution >= 4 is 11.8 Å². The van der Waals surface area contributed by atoms with Crippen LogP contribution in [0.5, 0.6) is 5.75 Å². The first-order valence-electron chi connectivity index (χ1n) is 5.79. The van der Waals surface area contributed by atoms with E-state index >= 15 is 0 Å². The summed E-state index contributed by atoms with van der Waals surface area (Å²) in [6, 6.07) is 6.07. The van der Waals surface area contributed by atoms with Crippen molar-refractivity contribution in [1.29, 1.82) is 0 Å². The smallest absolute Gasteiger partial charge is 0.377 e. The summed E-state index contributed by atoms with van der Waals surface area (Å²) in [5, 5.41) is 8.55. The highest BCUT2D eigenvalue weighted by atomic mass is 16.5. The number of aliphatic carboxylic acids is 1. The molecule has 1 saturated heterocycles. The summed E-state index contributed by atoms with van der Waals surface area (Å²) >= 11 is 0. The topological polar surface area (TPSA) is 72.8 Å². The van der Waals surface area contributed by atoms with E-state index in [1.807, 2.05) is 0 Å². The molecule has 1 aromatic carbocycles. The maximum Gasteiger partial charge on any atom is 0.377 e. The van der Waals surface area contributed by atoms with Gasteiger partial charge in [-0.3, -0.25) is 4.79 Å². The molecular weight excluding hydrogens is 236 g/mol. The number of ketones is 1. The van der Waals surface area contributed by atoms with Crippen molar-refractivity contribution in [3.8, 4) is 5.75 Å². The molecule has 1 atom stereocenters. The molecule has 96 valence electrons. The fourth-order valence-electron chi connectivity index (χ4n) is 1.79. The standard InChI is InChI=1S/C13H14O5/c14-12(13(15)16)9-3-5-10(6-4-9)18-8-11-2-1-7-17-11/h3-6,11H,1-2,7-8H2,(H,15,16). The minimum absolute atomic E-state index is 0.130. The highest BCUT2D eigenvalue weighted by molar-refractivity contribution is 6.39. The van der Waals surface area contributed by atoms with Gasteiger partial charge in [0.05, 0.1) is 6.10 Å². The Kier molecular flexibility index (Phi) is 3.94. The van der Waals surface area contributed by atoms with Crippen LogP contribution >= 0.6 is 0 Å². The number of hydrogen-bond donors (Lipinski definition) is 1. The van der Waals surface area contributed by atoms with Crippen molar-refractivity contribution in [3.05, 3.63) is 29.8 Å². The second-order valence-corrected chi connectivity index (χ2v) is 4.10. The zero-order valence-electron chi connectivity index (χ0n) is 9.80. The van der Waals surface area contributed by atoms with Crippen LogP contribution in [0.4, 0.5) is 0 Å². The Morgan fingerprint density at radius 1 is 1.33 bits per heavy atom. The molecule has 5 nitrogen and oxygen atoms in total. The number of carbonyl (C=O) groups excluding carboxylic acids is 1. The molecule has 1 unspecified atom stereocenters. The number of hydrogen-bond acceptors (Lipinski definition) is 4. The predicted molar refractivity (Wildman–Crippen MR) is 62.9 cm³/mol. The Balaban J connectivity index is 1.90. The molecule has 0 saturated carbocycles. The third-order valence-corrected chi connectivity index (χ3v) is 2.77. The van der Waals surface area contributed by atoms with Crippen LogP contribution in [0, 0.1) is 0 Å². The molecule has 0 bridgehead atoms. The molecule has 0 aromatic heterocycles. The maximum atomic E-state index is 11.2. The maximum absolute atomic E-state index is 11.2. The second-order valence-electron chi connectivity index (χ2n) is 4.10. The lowest BCUT2D eigenvalue weighted by Crippen LogP contribution is -2.16. The van der Waals surface area contributed by atoms with Crippen LogP contribution in [0.25, 0.3) is 0 Å². The average Bonchev–Trinajstić information content (AvgIpc) is 2.89. The molecule has 0 amide bonds. The Morgan fingerprint density at radius 3 is 2.61 bits per heavy atom. The van der Waals surface area contributed by atoms with Gasteiger partial charge in [-0.1, -0.05) is 0 Å². The minimum Gasteiger partial charge on any atom is -0.491 e. The van der Waals surface area contributed by atoms with E-state index in [9.17, 15) is 9.59 Å². The molecule has 18 heavy (non-hydrogen) atoms. The molecule has 1 aliphatic heterocycles. The summed E-state index contributed by atoms with van der Waals surface area (Å²) in [5.74, 6) is -1.77. The Bertz CT molecular complexity index is 431. The quantitative estimate of drug-likeness (QED) is 0.633. The summed E-state index contributed by atoms with van der Waals surface area (Å²) in [6.45, 7) is 1.26. The van der Waals surface area contributed by atoms with E-state index in [0.717, 1.165) is 19.4 Å². The molecule has 1 fully saturated rings. The Morgan fingerprint density at radius 2 is 2.06 bits per heavy atom. The number of benzene rings is 1. The molecule has 0 spiro atoms. The molecular formula is C13H14O5. The van der Waals surface area contributed by atoms with Crippen LogP contribution in [0.2, 0.25) is 0 Å². The van der Waals surface area contributed by atoms with Crippen molar-refractivity contribution in [2.24, 2.45) is 0 Å². The van der Waals surface area contributed by atoms with Gasteiger partial charge in [0, 0.05) is 12.2 Å². The predicted octanol–water partition coefficient (Wildman–Crippen LogP) is 1.51. The summed E-state index contributed by atoms with van der Waals surface area (Å²) in [6.07, 6.45) is 2.18. The number of Topliss-reactive ketones (excluding diaryl/α,β-unsaturated/α-hetero) is 1. The van der Waals surface area contributed by atoms with Crippen LogP contribution in [0.1, 0.15) is 23.2 Å². The van der Waals surface area contributed by atoms with Gasteiger partial charge < -0.3 is 14.6 Å². The zero-order chi connectivity index (χ0) is 13.0. The molecule has 1 heterocycles. The molecule has 1 aliphatic rings. The van der Waals surface area contributed by atoms with Crippen molar-refractivity contribution in [2.45, 2.75) is 18.9 Å². The van der Waals surface area contributed by atoms with Crippen molar-refractivity contribution in [1.82, 2.24) is 0 Å². The van der Waals surface area contributed by atoms with Gasteiger partial charge in [0.1, 0.15) is 12.4 Å². The number of rotatable bonds is 5. The first kappa shape index (κ1) is 12.6. The van der Waals surface area contributed by atoms with E-state index in [0.29, 0.717) is 12.4 Å². The van der Waals surface area contributed by atoms with E-state index in [2.05, 4.69) is 0 Å². The van der Waals surface area contributed by atoms with Gasteiger partial charge in [-0.2, -0.15) is 0 Å². The van der Waals surface area contributed by atoms with E-state index in [-0.39, 0.29) is 11.7 Å². The average molecular weight is 250 g/mol. The SMILES string of the molecule is O=C(O)C(=O)c1ccc(OCC2CCCO2)cc1. The van der Waals surface area contributed by atoms with Gasteiger partial charge in [0.15, 0.2) is 0 Å². The van der Waals surface area contributed by atoms with Gasteiger partial charge in [-0.15, -0.1) is 0 Å². The normalized spacial score (nSPS) is 18.6. The van der Waals surface area contributed by atoms with E-state index in [1.165, 1.54) is 12.1 Å². The fraction of sp³-hybridized carbons (Fsp3) is 0.385. The van der Waals surface area contributed by atoms with Crippen LogP contribution in [-0.2, 0) is 9.53 Å². The number of carboxylic acids is 1. The molecule has 2 rings (SSSR count). The molecule has 5 heteroatoms. The first-order chi connectivity index (χ1) is 8.66. The van der Waals surface area contributed by atoms with E-state index < -0.39 is 11.8 Å². The summed E-state index contributed by atoms with van der Waals surface area (Å²) in [4.78, 5) is 21.6. The van der Waals surface area contributed by atoms with Gasteiger partial charge in [-0.25, -0.2) is 4.79 Å². The summed E-state index contributed by atoms with van der Waals surface area (Å²) in [7, 11) is 0. The Labute approximate surface area is 104 Å². The largest absolute Gasteiger partial charge is 0.491 e. The van der Waals surface area contributed by atoms with Crippen LogP contribution in [0.3, 0.4) is 0 Å². The van der Waals surface area contributed by atoms with Crippen LogP contribution in [0.15, 0.2) is 24.3 Å². The Hall–Kier alpha value is -1.88. The number of carbonyl (C=O) groups is 2. The minimum atomic E-state index is -1.46. The van der Waals surface area contributed by atoms with E-state index in [4.69, 9.17) is 14.6 Å². The third kappa shape index (κ3) is 3.07. The van der Waals surface area contributed by atoms with Crippen molar-refractivity contribution < 1.29 is 24.2 Å². The van der Waals surface area contributed by atoms with Gasteiger partial charge >= 0.3 is 5.97 Å². The lowest BCUT2D eigenvalue weighted by molar-refractivity contribution is -0.131. The highest BCUT2D eigenvalue weighted by Gasteiger charge is 2.17. The number of carboxylic acid groups (broad SMARTS) is 1. The second kappa shape index (κ2) is 5.64. The summed E-state index contributed by atoms with van der Waals surface area (Å²) in [5.41, 5.74) is 0.145.